The molecule has 1 saturated carbocycles. The number of anilines is 2. The zero-order chi connectivity index (χ0) is 21.6. The molecule has 0 unspecified atom stereocenters. The van der Waals surface area contributed by atoms with Crippen LogP contribution < -0.4 is 15.0 Å². The van der Waals surface area contributed by atoms with E-state index in [0.29, 0.717) is 18.0 Å². The van der Waals surface area contributed by atoms with Crippen LogP contribution in [-0.2, 0) is 20.9 Å². The van der Waals surface area contributed by atoms with E-state index in [0.717, 1.165) is 50.4 Å². The molecule has 0 spiro atoms. The van der Waals surface area contributed by atoms with Crippen molar-refractivity contribution in [2.24, 2.45) is 5.92 Å². The van der Waals surface area contributed by atoms with Gasteiger partial charge in [0.2, 0.25) is 5.91 Å². The van der Waals surface area contributed by atoms with E-state index in [1.807, 2.05) is 24.3 Å². The standard InChI is InChI=1S/C24H29N3O4/c1-26(16-19-5-2-3-8-22(19)27-11-13-30-14-12-27)23(28)17-31-21-7-4-6-20(15-21)25-24(29)18-9-10-18/h2-8,15,18H,9-14,16-17H2,1H3,(H,25,29). The van der Waals surface area contributed by atoms with Crippen LogP contribution >= 0.6 is 0 Å². The van der Waals surface area contributed by atoms with Crippen molar-refractivity contribution in [3.05, 3.63) is 54.1 Å². The van der Waals surface area contributed by atoms with Gasteiger partial charge in [0, 0.05) is 50.0 Å². The molecule has 2 aliphatic rings. The number of benzene rings is 2. The van der Waals surface area contributed by atoms with Crippen molar-refractivity contribution in [1.82, 2.24) is 4.90 Å². The molecule has 7 heteroatoms. The van der Waals surface area contributed by atoms with Crippen LogP contribution in [0.15, 0.2) is 48.5 Å². The first-order valence-corrected chi connectivity index (χ1v) is 10.8. The highest BCUT2D eigenvalue weighted by molar-refractivity contribution is 5.94. The van der Waals surface area contributed by atoms with Crippen LogP contribution in [0.3, 0.4) is 0 Å². The molecule has 0 bridgehead atoms. The maximum absolute atomic E-state index is 12.7. The maximum atomic E-state index is 12.7. The van der Waals surface area contributed by atoms with Crippen molar-refractivity contribution >= 4 is 23.2 Å². The predicted molar refractivity (Wildman–Crippen MR) is 119 cm³/mol. The number of ether oxygens (including phenoxy) is 2. The third-order valence-electron chi connectivity index (χ3n) is 5.59. The molecule has 0 radical (unpaired) electrons. The largest absolute Gasteiger partial charge is 0.484 e. The number of hydrogen-bond donors (Lipinski definition) is 1. The summed E-state index contributed by atoms with van der Waals surface area (Å²) in [6, 6.07) is 15.3. The van der Waals surface area contributed by atoms with Crippen LogP contribution in [0.25, 0.3) is 0 Å². The number of carbonyl (C=O) groups excluding carboxylic acids is 2. The monoisotopic (exact) mass is 423 g/mol. The molecule has 4 rings (SSSR count). The highest BCUT2D eigenvalue weighted by Crippen LogP contribution is 2.30. The summed E-state index contributed by atoms with van der Waals surface area (Å²) in [7, 11) is 1.79. The van der Waals surface area contributed by atoms with Crippen molar-refractivity contribution < 1.29 is 19.1 Å². The van der Waals surface area contributed by atoms with Crippen LogP contribution in [0.2, 0.25) is 0 Å². The Morgan fingerprint density at radius 2 is 1.90 bits per heavy atom. The summed E-state index contributed by atoms with van der Waals surface area (Å²) in [5, 5.41) is 2.90. The minimum absolute atomic E-state index is 0.0480. The van der Waals surface area contributed by atoms with Gasteiger partial charge in [0.15, 0.2) is 6.61 Å². The molecule has 1 aliphatic heterocycles. The Balaban J connectivity index is 1.32. The quantitative estimate of drug-likeness (QED) is 0.707. The number of rotatable bonds is 8. The summed E-state index contributed by atoms with van der Waals surface area (Å²) in [4.78, 5) is 28.6. The van der Waals surface area contributed by atoms with Gasteiger partial charge < -0.3 is 24.6 Å². The van der Waals surface area contributed by atoms with E-state index in [2.05, 4.69) is 22.3 Å². The minimum Gasteiger partial charge on any atom is -0.484 e. The van der Waals surface area contributed by atoms with E-state index in [1.165, 1.54) is 0 Å². The van der Waals surface area contributed by atoms with E-state index in [1.54, 1.807) is 24.1 Å². The van der Waals surface area contributed by atoms with Crippen molar-refractivity contribution in [2.45, 2.75) is 19.4 Å². The summed E-state index contributed by atoms with van der Waals surface area (Å²) in [6.07, 6.45) is 1.91. The number of morpholine rings is 1. The first-order chi connectivity index (χ1) is 15.1. The smallest absolute Gasteiger partial charge is 0.260 e. The number of carbonyl (C=O) groups is 2. The molecular weight excluding hydrogens is 394 g/mol. The fourth-order valence-electron chi connectivity index (χ4n) is 3.61. The summed E-state index contributed by atoms with van der Waals surface area (Å²) in [5.41, 5.74) is 2.94. The van der Waals surface area contributed by atoms with Gasteiger partial charge in [-0.3, -0.25) is 9.59 Å². The highest BCUT2D eigenvalue weighted by atomic mass is 16.5. The number of para-hydroxylation sites is 1. The summed E-state index contributed by atoms with van der Waals surface area (Å²) in [5.74, 6) is 0.639. The average molecular weight is 424 g/mol. The molecule has 2 amide bonds. The van der Waals surface area contributed by atoms with E-state index in [4.69, 9.17) is 9.47 Å². The van der Waals surface area contributed by atoms with Crippen molar-refractivity contribution in [3.63, 3.8) is 0 Å². The van der Waals surface area contributed by atoms with Gasteiger partial charge in [-0.1, -0.05) is 24.3 Å². The highest BCUT2D eigenvalue weighted by Gasteiger charge is 2.29. The number of nitrogens with zero attached hydrogens (tertiary/aromatic N) is 2. The molecule has 1 aliphatic carbocycles. The fraction of sp³-hybridized carbons (Fsp3) is 0.417. The third kappa shape index (κ3) is 5.76. The van der Waals surface area contributed by atoms with Crippen molar-refractivity contribution in [3.8, 4) is 5.75 Å². The molecule has 2 fully saturated rings. The number of nitrogens with one attached hydrogen (secondary N) is 1. The summed E-state index contributed by atoms with van der Waals surface area (Å²) < 4.78 is 11.2. The molecule has 1 saturated heterocycles. The second-order valence-electron chi connectivity index (χ2n) is 8.06. The second kappa shape index (κ2) is 9.83. The van der Waals surface area contributed by atoms with Crippen LogP contribution in [0.1, 0.15) is 18.4 Å². The van der Waals surface area contributed by atoms with Gasteiger partial charge >= 0.3 is 0 Å². The Hall–Kier alpha value is -3.06. The van der Waals surface area contributed by atoms with Crippen molar-refractivity contribution in [1.29, 1.82) is 0 Å². The van der Waals surface area contributed by atoms with Gasteiger partial charge in [0.25, 0.3) is 5.91 Å². The Morgan fingerprint density at radius 3 is 2.68 bits per heavy atom. The zero-order valence-electron chi connectivity index (χ0n) is 17.9. The molecule has 0 aromatic heterocycles. The van der Waals surface area contributed by atoms with E-state index in [-0.39, 0.29) is 24.3 Å². The lowest BCUT2D eigenvalue weighted by Gasteiger charge is -2.31. The molecule has 2 aromatic rings. The Bertz CT molecular complexity index is 923. The number of amides is 2. The van der Waals surface area contributed by atoms with Gasteiger partial charge in [-0.15, -0.1) is 0 Å². The molecule has 7 nitrogen and oxygen atoms in total. The van der Waals surface area contributed by atoms with Crippen LogP contribution in [0.4, 0.5) is 11.4 Å². The summed E-state index contributed by atoms with van der Waals surface area (Å²) >= 11 is 0. The lowest BCUT2D eigenvalue weighted by Crippen LogP contribution is -2.37. The normalized spacial score (nSPS) is 16.0. The van der Waals surface area contributed by atoms with Gasteiger partial charge in [-0.05, 0) is 36.6 Å². The minimum atomic E-state index is -0.107. The number of hydrogen-bond acceptors (Lipinski definition) is 5. The van der Waals surface area contributed by atoms with Gasteiger partial charge in [0.05, 0.1) is 13.2 Å². The zero-order valence-corrected chi connectivity index (χ0v) is 17.9. The lowest BCUT2D eigenvalue weighted by molar-refractivity contribution is -0.132. The van der Waals surface area contributed by atoms with E-state index in [9.17, 15) is 9.59 Å². The Morgan fingerprint density at radius 1 is 1.13 bits per heavy atom. The maximum Gasteiger partial charge on any atom is 0.260 e. The number of likely N-dealkylation sites (N-methyl/N-ethyl adjacent to an activating group) is 1. The summed E-state index contributed by atoms with van der Waals surface area (Å²) in [6.45, 7) is 3.59. The third-order valence-corrected chi connectivity index (χ3v) is 5.59. The van der Waals surface area contributed by atoms with Gasteiger partial charge in [-0.2, -0.15) is 0 Å². The SMILES string of the molecule is CN(Cc1ccccc1N1CCOCC1)C(=O)COc1cccc(NC(=O)C2CC2)c1. The Kier molecular flexibility index (Phi) is 6.72. The first-order valence-electron chi connectivity index (χ1n) is 10.8. The first kappa shape index (κ1) is 21.2. The second-order valence-corrected chi connectivity index (χ2v) is 8.06. The van der Waals surface area contributed by atoms with E-state index >= 15 is 0 Å². The molecule has 164 valence electrons. The molecule has 1 N–H and O–H groups in total. The molecule has 31 heavy (non-hydrogen) atoms. The average Bonchev–Trinajstić information content (AvgIpc) is 3.64. The lowest BCUT2D eigenvalue weighted by atomic mass is 10.1. The molecule has 1 heterocycles. The van der Waals surface area contributed by atoms with Crippen LogP contribution in [0.5, 0.6) is 5.75 Å². The Labute approximate surface area is 182 Å². The van der Waals surface area contributed by atoms with E-state index < -0.39 is 0 Å². The molecule has 2 aromatic carbocycles. The van der Waals surface area contributed by atoms with Gasteiger partial charge in [-0.25, -0.2) is 0 Å². The predicted octanol–water partition coefficient (Wildman–Crippen LogP) is 2.91. The molecular formula is C24H29N3O4. The van der Waals surface area contributed by atoms with Crippen LogP contribution in [-0.4, -0.2) is 56.7 Å². The van der Waals surface area contributed by atoms with Crippen LogP contribution in [0, 0.1) is 5.92 Å². The molecule has 0 atom stereocenters. The fourth-order valence-corrected chi connectivity index (χ4v) is 3.61. The van der Waals surface area contributed by atoms with Crippen molar-refractivity contribution in [2.75, 3.05) is 50.2 Å². The van der Waals surface area contributed by atoms with Gasteiger partial charge in [0.1, 0.15) is 5.75 Å². The topological polar surface area (TPSA) is 71.1 Å².